The number of allylic oxidation sites excluding steroid dienone is 2. The molecule has 5 nitrogen and oxygen atoms in total. The molecule has 0 amide bonds. The van der Waals surface area contributed by atoms with E-state index in [0.29, 0.717) is 13.1 Å². The predicted molar refractivity (Wildman–Crippen MR) is 154 cm³/mol. The fourth-order valence-electron chi connectivity index (χ4n) is 4.82. The largest absolute Gasteiger partial charge is 0.386 e. The highest BCUT2D eigenvalue weighted by Gasteiger charge is 2.22. The fraction of sp³-hybridized carbons (Fsp3) is 0.933. The molecule has 0 heterocycles. The Morgan fingerprint density at radius 3 is 1.34 bits per heavy atom. The molecule has 0 unspecified atom stereocenters. The van der Waals surface area contributed by atoms with Gasteiger partial charge in [-0.05, 0) is 38.6 Å². The quantitative estimate of drug-likeness (QED) is 0.105. The molecule has 0 radical (unpaired) electrons. The van der Waals surface area contributed by atoms with Crippen LogP contribution in [0.3, 0.4) is 0 Å². The van der Waals surface area contributed by atoms with Gasteiger partial charge in [-0.2, -0.15) is 0 Å². The van der Waals surface area contributed by atoms with Gasteiger partial charge in [-0.1, -0.05) is 76.9 Å². The Bertz CT molecular complexity index is 473. The topological polar surface area (TPSA) is 43.7 Å². The minimum Gasteiger partial charge on any atom is -0.386 e. The van der Waals surface area contributed by atoms with Crippen LogP contribution < -0.4 is 0 Å². The molecule has 0 aliphatic rings. The molecule has 2 atom stereocenters. The fourth-order valence-corrected chi connectivity index (χ4v) is 4.82. The van der Waals surface area contributed by atoms with Gasteiger partial charge in [-0.3, -0.25) is 4.90 Å². The van der Waals surface area contributed by atoms with E-state index >= 15 is 0 Å². The van der Waals surface area contributed by atoms with Gasteiger partial charge in [0.15, 0.2) is 0 Å². The summed E-state index contributed by atoms with van der Waals surface area (Å²) in [6.45, 7) is 6.00. The van der Waals surface area contributed by atoms with Crippen LogP contribution in [0.15, 0.2) is 12.2 Å². The third-order valence-corrected chi connectivity index (χ3v) is 6.44. The highest BCUT2D eigenvalue weighted by Crippen LogP contribution is 2.11. The summed E-state index contributed by atoms with van der Waals surface area (Å²) in [6.07, 6.45) is 22.5. The average molecular weight is 500 g/mol. The van der Waals surface area contributed by atoms with Crippen molar-refractivity contribution < 1.29 is 19.2 Å². The van der Waals surface area contributed by atoms with Gasteiger partial charge in [-0.25, -0.2) is 0 Å². The standard InChI is InChI=1S/C30H65N3O2/c1-8-9-10-11-12-13-14-15-16-17-18-19-20-21-22-23-24-31(25-29(34)27-32(2,3)4)26-30(35)28-33(5,6)7/h15-16,29-30,34-35H,8-14,17-28H2,1-7H3/q+2/b16-15+/t29-,30-/m1/s1. The third-order valence-electron chi connectivity index (χ3n) is 6.44. The van der Waals surface area contributed by atoms with Gasteiger partial charge in [-0.15, -0.1) is 0 Å². The van der Waals surface area contributed by atoms with Crippen molar-refractivity contribution in [2.45, 2.75) is 109 Å². The van der Waals surface area contributed by atoms with Crippen LogP contribution in [0.25, 0.3) is 0 Å². The maximum atomic E-state index is 10.6. The number of hydrogen-bond donors (Lipinski definition) is 2. The number of aliphatic hydroxyl groups excluding tert-OH is 2. The molecule has 0 bridgehead atoms. The van der Waals surface area contributed by atoms with E-state index in [2.05, 4.69) is 66.3 Å². The molecule has 35 heavy (non-hydrogen) atoms. The summed E-state index contributed by atoms with van der Waals surface area (Å²) in [6, 6.07) is 0. The van der Waals surface area contributed by atoms with Crippen molar-refractivity contribution in [3.8, 4) is 0 Å². The minimum absolute atomic E-state index is 0.361. The van der Waals surface area contributed by atoms with Crippen LogP contribution in [-0.2, 0) is 0 Å². The van der Waals surface area contributed by atoms with E-state index in [4.69, 9.17) is 0 Å². The first-order chi connectivity index (χ1) is 16.4. The lowest BCUT2D eigenvalue weighted by Gasteiger charge is -2.33. The number of quaternary nitrogens is 2. The molecule has 0 aliphatic carbocycles. The predicted octanol–water partition coefficient (Wildman–Crippen LogP) is 5.46. The number of nitrogens with zero attached hydrogens (tertiary/aromatic N) is 3. The summed E-state index contributed by atoms with van der Waals surface area (Å²) in [5.41, 5.74) is 0. The van der Waals surface area contributed by atoms with Crippen LogP contribution in [0.4, 0.5) is 0 Å². The number of hydrogen-bond acceptors (Lipinski definition) is 3. The molecule has 0 aliphatic heterocycles. The van der Waals surface area contributed by atoms with Crippen molar-refractivity contribution in [1.29, 1.82) is 0 Å². The van der Waals surface area contributed by atoms with Gasteiger partial charge in [0.1, 0.15) is 25.3 Å². The summed E-state index contributed by atoms with van der Waals surface area (Å²) in [5, 5.41) is 21.2. The zero-order valence-corrected chi connectivity index (χ0v) is 25.0. The van der Waals surface area contributed by atoms with E-state index in [1.165, 1.54) is 83.5 Å². The van der Waals surface area contributed by atoms with Gasteiger partial charge in [0.2, 0.25) is 0 Å². The first kappa shape index (κ1) is 34.5. The van der Waals surface area contributed by atoms with Gasteiger partial charge in [0, 0.05) is 13.1 Å². The smallest absolute Gasteiger partial charge is 0.115 e. The molecule has 2 N–H and O–H groups in total. The molecule has 5 heteroatoms. The molecule has 0 aromatic carbocycles. The summed E-state index contributed by atoms with van der Waals surface area (Å²) < 4.78 is 1.51. The highest BCUT2D eigenvalue weighted by molar-refractivity contribution is 4.81. The van der Waals surface area contributed by atoms with Crippen molar-refractivity contribution >= 4 is 0 Å². The Hall–Kier alpha value is -0.460. The molecule has 0 spiro atoms. The maximum Gasteiger partial charge on any atom is 0.115 e. The second-order valence-electron chi connectivity index (χ2n) is 13.0. The Morgan fingerprint density at radius 1 is 0.571 bits per heavy atom. The number of likely N-dealkylation sites (N-methyl/N-ethyl adjacent to an activating group) is 2. The zero-order chi connectivity index (χ0) is 26.6. The lowest BCUT2D eigenvalue weighted by Crippen LogP contribution is -2.49. The summed E-state index contributed by atoms with van der Waals surface area (Å²) >= 11 is 0. The SMILES string of the molecule is CCCCCCCC/C=C/CCCCCCCCN(C[C@@H](O)C[N+](C)(C)C)C[C@@H](O)C[N+](C)(C)C. The van der Waals surface area contributed by atoms with Gasteiger partial charge in [0.25, 0.3) is 0 Å². The second kappa shape index (κ2) is 20.6. The maximum absolute atomic E-state index is 10.6. The molecule has 0 aromatic heterocycles. The lowest BCUT2D eigenvalue weighted by atomic mass is 10.1. The Labute approximate surface area is 220 Å². The zero-order valence-electron chi connectivity index (χ0n) is 25.0. The van der Waals surface area contributed by atoms with Crippen LogP contribution in [0, 0.1) is 0 Å². The number of rotatable bonds is 24. The summed E-state index contributed by atoms with van der Waals surface area (Å²) in [4.78, 5) is 2.29. The molecule has 0 rings (SSSR count). The third kappa shape index (κ3) is 26.4. The van der Waals surface area contributed by atoms with Gasteiger partial charge in [0.05, 0.1) is 42.3 Å². The Kier molecular flexibility index (Phi) is 20.3. The average Bonchev–Trinajstić information content (AvgIpc) is 2.70. The molecular formula is C30H65N3O2+2. The summed E-state index contributed by atoms with van der Waals surface area (Å²) in [5.74, 6) is 0. The van der Waals surface area contributed by atoms with Crippen molar-refractivity contribution in [3.05, 3.63) is 12.2 Å². The molecule has 0 fully saturated rings. The van der Waals surface area contributed by atoms with Crippen LogP contribution >= 0.6 is 0 Å². The van der Waals surface area contributed by atoms with Crippen molar-refractivity contribution in [3.63, 3.8) is 0 Å². The Balaban J connectivity index is 4.01. The molecule has 0 aromatic rings. The normalized spacial score (nSPS) is 14.8. The second-order valence-corrected chi connectivity index (χ2v) is 13.0. The van der Waals surface area contributed by atoms with Crippen molar-refractivity contribution in [2.24, 2.45) is 0 Å². The molecule has 0 saturated heterocycles. The highest BCUT2D eigenvalue weighted by atomic mass is 16.3. The molecule has 210 valence electrons. The first-order valence-electron chi connectivity index (χ1n) is 14.8. The van der Waals surface area contributed by atoms with E-state index < -0.39 is 0 Å². The molecular weight excluding hydrogens is 434 g/mol. The van der Waals surface area contributed by atoms with E-state index in [9.17, 15) is 10.2 Å². The van der Waals surface area contributed by atoms with E-state index in [-0.39, 0.29) is 12.2 Å². The molecule has 0 saturated carbocycles. The van der Waals surface area contributed by atoms with E-state index in [1.807, 2.05) is 0 Å². The van der Waals surface area contributed by atoms with E-state index in [1.54, 1.807) is 0 Å². The monoisotopic (exact) mass is 500 g/mol. The number of unbranched alkanes of at least 4 members (excludes halogenated alkanes) is 12. The van der Waals surface area contributed by atoms with Crippen LogP contribution in [-0.4, -0.2) is 111 Å². The Morgan fingerprint density at radius 2 is 0.943 bits per heavy atom. The van der Waals surface area contributed by atoms with E-state index in [0.717, 1.165) is 35.0 Å². The lowest BCUT2D eigenvalue weighted by molar-refractivity contribution is -0.873. The van der Waals surface area contributed by atoms with Crippen LogP contribution in [0.5, 0.6) is 0 Å². The van der Waals surface area contributed by atoms with Crippen LogP contribution in [0.2, 0.25) is 0 Å². The first-order valence-corrected chi connectivity index (χ1v) is 14.8. The summed E-state index contributed by atoms with van der Waals surface area (Å²) in [7, 11) is 12.7. The van der Waals surface area contributed by atoms with Gasteiger partial charge >= 0.3 is 0 Å². The van der Waals surface area contributed by atoms with Gasteiger partial charge < -0.3 is 19.2 Å². The van der Waals surface area contributed by atoms with Crippen molar-refractivity contribution in [1.82, 2.24) is 4.90 Å². The van der Waals surface area contributed by atoms with Crippen molar-refractivity contribution in [2.75, 3.05) is 75.0 Å². The van der Waals surface area contributed by atoms with Crippen LogP contribution in [0.1, 0.15) is 96.8 Å². The minimum atomic E-state index is -0.361. The number of aliphatic hydroxyl groups is 2.